The highest BCUT2D eigenvalue weighted by Gasteiger charge is 2.21. The molecule has 10 heteroatoms. The van der Waals surface area contributed by atoms with E-state index in [1.165, 1.54) is 11.3 Å². The standard InChI is InChI=1S/C17H17N7O2S/c1-9-6-7-27-13(9)14(25)24-15(18)22-16(23-24)20-11-4-2-10(3-5-11)12-8-19-17(26)21-12/h2-7,12H,8H2,1H3,(H2,19,21,26)(H3,18,20,22,23). The lowest BCUT2D eigenvalue weighted by atomic mass is 10.1. The minimum absolute atomic E-state index is 0.0201. The van der Waals surface area contributed by atoms with E-state index in [0.29, 0.717) is 11.4 Å². The van der Waals surface area contributed by atoms with Crippen LogP contribution in [0.2, 0.25) is 0 Å². The number of carbonyl (C=O) groups excluding carboxylic acids is 2. The zero-order valence-electron chi connectivity index (χ0n) is 14.4. The Bertz CT molecular complexity index is 1010. The van der Waals surface area contributed by atoms with Crippen LogP contribution in [0.4, 0.5) is 22.4 Å². The zero-order chi connectivity index (χ0) is 19.0. The number of nitrogens with zero attached hydrogens (tertiary/aromatic N) is 3. The van der Waals surface area contributed by atoms with E-state index >= 15 is 0 Å². The van der Waals surface area contributed by atoms with E-state index in [-0.39, 0.29) is 29.9 Å². The summed E-state index contributed by atoms with van der Waals surface area (Å²) in [6, 6.07) is 9.16. The molecule has 1 aromatic carbocycles. The van der Waals surface area contributed by atoms with Crippen LogP contribution in [0, 0.1) is 6.92 Å². The third-order valence-corrected chi connectivity index (χ3v) is 5.23. The summed E-state index contributed by atoms with van der Waals surface area (Å²) in [5.41, 5.74) is 8.46. The first-order valence-electron chi connectivity index (χ1n) is 8.24. The van der Waals surface area contributed by atoms with E-state index < -0.39 is 0 Å². The van der Waals surface area contributed by atoms with Gasteiger partial charge in [0.1, 0.15) is 0 Å². The van der Waals surface area contributed by atoms with Crippen LogP contribution in [0.1, 0.15) is 26.8 Å². The molecule has 2 aromatic heterocycles. The Balaban J connectivity index is 1.49. The molecule has 138 valence electrons. The second-order valence-corrected chi connectivity index (χ2v) is 7.01. The van der Waals surface area contributed by atoms with Gasteiger partial charge in [-0.05, 0) is 41.6 Å². The number of urea groups is 1. The molecule has 9 nitrogen and oxygen atoms in total. The van der Waals surface area contributed by atoms with Crippen molar-refractivity contribution in [3.8, 4) is 0 Å². The first-order valence-corrected chi connectivity index (χ1v) is 9.12. The number of rotatable bonds is 4. The number of aryl methyl sites for hydroxylation is 1. The molecular formula is C17H17N7O2S. The maximum atomic E-state index is 12.6. The Kier molecular flexibility index (Phi) is 4.24. The van der Waals surface area contributed by atoms with Gasteiger partial charge in [-0.2, -0.15) is 9.67 Å². The highest BCUT2D eigenvalue weighted by Crippen LogP contribution is 2.22. The molecule has 0 aliphatic carbocycles. The van der Waals surface area contributed by atoms with Crippen molar-refractivity contribution in [1.82, 2.24) is 25.4 Å². The third kappa shape index (κ3) is 3.34. The van der Waals surface area contributed by atoms with Gasteiger partial charge in [0.25, 0.3) is 5.91 Å². The minimum Gasteiger partial charge on any atom is -0.368 e. The molecule has 0 bridgehead atoms. The van der Waals surface area contributed by atoms with Crippen molar-refractivity contribution >= 4 is 40.9 Å². The topological polar surface area (TPSA) is 127 Å². The van der Waals surface area contributed by atoms with Gasteiger partial charge in [-0.3, -0.25) is 4.79 Å². The summed E-state index contributed by atoms with van der Waals surface area (Å²) in [4.78, 5) is 28.5. The van der Waals surface area contributed by atoms with E-state index in [1.807, 2.05) is 42.6 Å². The molecule has 1 aliphatic rings. The molecule has 0 radical (unpaired) electrons. The van der Waals surface area contributed by atoms with Crippen LogP contribution in [-0.4, -0.2) is 33.2 Å². The number of aromatic nitrogens is 3. The summed E-state index contributed by atoms with van der Waals surface area (Å²) in [5, 5.41) is 14.6. The van der Waals surface area contributed by atoms with Crippen LogP contribution in [0.5, 0.6) is 0 Å². The predicted octanol–water partition coefficient (Wildman–Crippen LogP) is 2.02. The fourth-order valence-electron chi connectivity index (χ4n) is 2.80. The molecule has 1 aliphatic heterocycles. The Morgan fingerprint density at radius 2 is 2.11 bits per heavy atom. The van der Waals surface area contributed by atoms with Gasteiger partial charge in [0.05, 0.1) is 10.9 Å². The number of anilines is 3. The van der Waals surface area contributed by atoms with Crippen LogP contribution in [0.3, 0.4) is 0 Å². The average molecular weight is 383 g/mol. The van der Waals surface area contributed by atoms with Crippen LogP contribution in [-0.2, 0) is 0 Å². The van der Waals surface area contributed by atoms with Crippen LogP contribution in [0.15, 0.2) is 35.7 Å². The number of carbonyl (C=O) groups is 2. The largest absolute Gasteiger partial charge is 0.368 e. The van der Waals surface area contributed by atoms with Crippen molar-refractivity contribution in [1.29, 1.82) is 0 Å². The van der Waals surface area contributed by atoms with Crippen LogP contribution >= 0.6 is 11.3 Å². The van der Waals surface area contributed by atoms with E-state index in [0.717, 1.165) is 21.5 Å². The van der Waals surface area contributed by atoms with Crippen molar-refractivity contribution in [3.63, 3.8) is 0 Å². The number of nitrogens with one attached hydrogen (secondary N) is 3. The second kappa shape index (κ2) is 6.72. The fraction of sp³-hybridized carbons (Fsp3) is 0.176. The lowest BCUT2D eigenvalue weighted by Gasteiger charge is -2.09. The monoisotopic (exact) mass is 383 g/mol. The number of hydrogen-bond acceptors (Lipinski definition) is 7. The van der Waals surface area contributed by atoms with Gasteiger partial charge >= 0.3 is 6.03 Å². The molecule has 2 amide bonds. The smallest absolute Gasteiger partial charge is 0.315 e. The fourth-order valence-corrected chi connectivity index (χ4v) is 3.65. The molecule has 3 aromatic rings. The molecule has 0 saturated carbocycles. The predicted molar refractivity (Wildman–Crippen MR) is 102 cm³/mol. The summed E-state index contributed by atoms with van der Waals surface area (Å²) >= 11 is 1.34. The van der Waals surface area contributed by atoms with Gasteiger partial charge in [0, 0.05) is 12.2 Å². The quantitative estimate of drug-likeness (QED) is 0.546. The van der Waals surface area contributed by atoms with E-state index in [1.54, 1.807) is 0 Å². The minimum atomic E-state index is -0.305. The first kappa shape index (κ1) is 17.0. The maximum Gasteiger partial charge on any atom is 0.315 e. The summed E-state index contributed by atoms with van der Waals surface area (Å²) in [6.45, 7) is 2.41. The van der Waals surface area contributed by atoms with Crippen molar-refractivity contribution in [2.24, 2.45) is 0 Å². The van der Waals surface area contributed by atoms with E-state index in [2.05, 4.69) is 26.0 Å². The van der Waals surface area contributed by atoms with E-state index in [9.17, 15) is 9.59 Å². The lowest BCUT2D eigenvalue weighted by Crippen LogP contribution is -2.21. The third-order valence-electron chi connectivity index (χ3n) is 4.22. The van der Waals surface area contributed by atoms with Gasteiger partial charge < -0.3 is 21.7 Å². The normalized spacial score (nSPS) is 16.0. The number of amides is 2. The molecule has 27 heavy (non-hydrogen) atoms. The van der Waals surface area contributed by atoms with Gasteiger partial charge in [0.2, 0.25) is 11.9 Å². The molecule has 1 atom stereocenters. The van der Waals surface area contributed by atoms with Gasteiger partial charge in [0.15, 0.2) is 0 Å². The lowest BCUT2D eigenvalue weighted by molar-refractivity contribution is 0.0951. The SMILES string of the molecule is Cc1ccsc1C(=O)n1nc(Nc2ccc(C3CNC(=O)N3)cc2)nc1N. The Hall–Kier alpha value is -3.40. The number of thiophene rings is 1. The molecule has 4 rings (SSSR count). The second-order valence-electron chi connectivity index (χ2n) is 6.10. The molecule has 3 heterocycles. The summed E-state index contributed by atoms with van der Waals surface area (Å²) in [6.07, 6.45) is 0. The summed E-state index contributed by atoms with van der Waals surface area (Å²) < 4.78 is 1.09. The van der Waals surface area contributed by atoms with E-state index in [4.69, 9.17) is 5.73 Å². The summed E-state index contributed by atoms with van der Waals surface area (Å²) in [5.74, 6) is -0.0503. The maximum absolute atomic E-state index is 12.6. The average Bonchev–Trinajstić information content (AvgIpc) is 3.36. The first-order chi connectivity index (χ1) is 13.0. The highest BCUT2D eigenvalue weighted by molar-refractivity contribution is 7.12. The zero-order valence-corrected chi connectivity index (χ0v) is 15.2. The molecular weight excluding hydrogens is 366 g/mol. The number of nitrogen functional groups attached to an aromatic ring is 1. The molecule has 1 unspecified atom stereocenters. The van der Waals surface area contributed by atoms with Crippen molar-refractivity contribution in [2.75, 3.05) is 17.6 Å². The Morgan fingerprint density at radius 3 is 2.74 bits per heavy atom. The highest BCUT2D eigenvalue weighted by atomic mass is 32.1. The van der Waals surface area contributed by atoms with Gasteiger partial charge in [-0.25, -0.2) is 4.79 Å². The van der Waals surface area contributed by atoms with Crippen LogP contribution < -0.4 is 21.7 Å². The molecule has 5 N–H and O–H groups in total. The number of benzene rings is 1. The number of hydrogen-bond donors (Lipinski definition) is 4. The van der Waals surface area contributed by atoms with Crippen molar-refractivity contribution in [3.05, 3.63) is 51.7 Å². The summed E-state index contributed by atoms with van der Waals surface area (Å²) in [7, 11) is 0. The van der Waals surface area contributed by atoms with Gasteiger partial charge in [-0.15, -0.1) is 16.4 Å². The van der Waals surface area contributed by atoms with Gasteiger partial charge in [-0.1, -0.05) is 12.1 Å². The van der Waals surface area contributed by atoms with Crippen LogP contribution in [0.25, 0.3) is 0 Å². The molecule has 1 fully saturated rings. The Morgan fingerprint density at radius 1 is 1.33 bits per heavy atom. The number of nitrogens with two attached hydrogens (primary N) is 1. The van der Waals surface area contributed by atoms with Crippen molar-refractivity contribution < 1.29 is 9.59 Å². The Labute approximate surface area is 158 Å². The molecule has 0 spiro atoms. The molecule has 1 saturated heterocycles. The van der Waals surface area contributed by atoms with Crippen molar-refractivity contribution in [2.45, 2.75) is 13.0 Å².